The van der Waals surface area contributed by atoms with Gasteiger partial charge in [0.25, 0.3) is 0 Å². The van der Waals surface area contributed by atoms with Crippen LogP contribution in [0.15, 0.2) is 53.5 Å². The molecule has 168 valence electrons. The van der Waals surface area contributed by atoms with E-state index in [1.54, 1.807) is 54.3 Å². The van der Waals surface area contributed by atoms with E-state index in [1.165, 1.54) is 18.9 Å². The zero-order chi connectivity index (χ0) is 23.1. The second kappa shape index (κ2) is 10.8. The summed E-state index contributed by atoms with van der Waals surface area (Å²) in [6, 6.07) is 13.8. The van der Waals surface area contributed by atoms with E-state index in [4.69, 9.17) is 9.47 Å². The van der Waals surface area contributed by atoms with Crippen molar-refractivity contribution in [1.29, 1.82) is 0 Å². The smallest absolute Gasteiger partial charge is 0.338 e. The maximum atomic E-state index is 12.8. The Kier molecular flexibility index (Phi) is 7.88. The van der Waals surface area contributed by atoms with Gasteiger partial charge in [-0.2, -0.15) is 0 Å². The van der Waals surface area contributed by atoms with Crippen LogP contribution in [-0.2, 0) is 14.3 Å². The summed E-state index contributed by atoms with van der Waals surface area (Å²) in [5.41, 5.74) is 1.59. The van der Waals surface area contributed by atoms with Crippen molar-refractivity contribution in [1.82, 2.24) is 4.90 Å². The monoisotopic (exact) mass is 455 g/mol. The Morgan fingerprint density at radius 1 is 1.12 bits per heavy atom. The number of thioether (sulfide) groups is 1. The van der Waals surface area contributed by atoms with Crippen molar-refractivity contribution in [3.8, 4) is 5.75 Å². The van der Waals surface area contributed by atoms with Gasteiger partial charge < -0.3 is 14.8 Å². The van der Waals surface area contributed by atoms with Crippen LogP contribution in [0.3, 0.4) is 0 Å². The van der Waals surface area contributed by atoms with Crippen molar-refractivity contribution in [3.05, 3.63) is 54.1 Å². The van der Waals surface area contributed by atoms with Crippen LogP contribution < -0.4 is 10.1 Å². The van der Waals surface area contributed by atoms with Crippen LogP contribution in [0.4, 0.5) is 11.4 Å². The molecule has 8 nitrogen and oxygen atoms in total. The van der Waals surface area contributed by atoms with Gasteiger partial charge in [-0.25, -0.2) is 9.79 Å². The molecule has 1 N–H and O–H groups in total. The zero-order valence-electron chi connectivity index (χ0n) is 18.2. The number of nitrogens with zero attached hydrogens (tertiary/aromatic N) is 2. The molecule has 0 radical (unpaired) electrons. The van der Waals surface area contributed by atoms with Crippen molar-refractivity contribution in [2.75, 3.05) is 25.6 Å². The molecule has 1 aliphatic heterocycles. The summed E-state index contributed by atoms with van der Waals surface area (Å²) in [4.78, 5) is 43.3. The van der Waals surface area contributed by atoms with Gasteiger partial charge >= 0.3 is 5.97 Å². The fourth-order valence-electron chi connectivity index (χ4n) is 3.13. The lowest BCUT2D eigenvalue weighted by Crippen LogP contribution is -2.33. The number of benzene rings is 2. The summed E-state index contributed by atoms with van der Waals surface area (Å²) in [6.07, 6.45) is 0.0128. The SMILES string of the molecule is CCOC(=O)c1ccc(N=C2S[C@@H](CC(=O)Nc3ccccc3OC)C(=O)N2CC)cc1. The van der Waals surface area contributed by atoms with Crippen molar-refractivity contribution in [2.24, 2.45) is 4.99 Å². The topological polar surface area (TPSA) is 97.3 Å². The molecule has 2 aromatic carbocycles. The number of ether oxygens (including phenoxy) is 2. The third-order valence-corrected chi connectivity index (χ3v) is 5.87. The summed E-state index contributed by atoms with van der Waals surface area (Å²) in [5, 5.41) is 2.76. The number of esters is 1. The summed E-state index contributed by atoms with van der Waals surface area (Å²) in [5.74, 6) is -0.283. The Morgan fingerprint density at radius 2 is 1.84 bits per heavy atom. The van der Waals surface area contributed by atoms with Crippen LogP contribution in [-0.4, -0.2) is 53.4 Å². The molecule has 1 saturated heterocycles. The number of aliphatic imine (C=N–C) groups is 1. The molecule has 3 rings (SSSR count). The van der Waals surface area contributed by atoms with E-state index in [2.05, 4.69) is 10.3 Å². The van der Waals surface area contributed by atoms with E-state index < -0.39 is 11.2 Å². The van der Waals surface area contributed by atoms with Crippen molar-refractivity contribution in [3.63, 3.8) is 0 Å². The number of amides is 2. The molecule has 0 saturated carbocycles. The molecule has 0 bridgehead atoms. The third-order valence-electron chi connectivity index (χ3n) is 4.69. The van der Waals surface area contributed by atoms with Crippen molar-refractivity contribution >= 4 is 46.1 Å². The Morgan fingerprint density at radius 3 is 2.50 bits per heavy atom. The first-order valence-electron chi connectivity index (χ1n) is 10.2. The standard InChI is InChI=1S/C23H25N3O5S/c1-4-26-21(28)19(14-20(27)25-17-8-6-7-9-18(17)30-3)32-23(26)24-16-12-10-15(11-13-16)22(29)31-5-2/h6-13,19H,4-5,14H2,1-3H3,(H,25,27)/t19-/m0/s1. The summed E-state index contributed by atoms with van der Waals surface area (Å²) in [6.45, 7) is 4.35. The largest absolute Gasteiger partial charge is 0.495 e. The maximum Gasteiger partial charge on any atom is 0.338 e. The highest BCUT2D eigenvalue weighted by atomic mass is 32.2. The Hall–Kier alpha value is -3.33. The average molecular weight is 456 g/mol. The number of hydrogen-bond donors (Lipinski definition) is 1. The van der Waals surface area contributed by atoms with Crippen LogP contribution in [0.1, 0.15) is 30.6 Å². The highest BCUT2D eigenvalue weighted by Gasteiger charge is 2.38. The maximum absolute atomic E-state index is 12.8. The molecule has 32 heavy (non-hydrogen) atoms. The number of carbonyl (C=O) groups is 3. The molecule has 1 aliphatic rings. The zero-order valence-corrected chi connectivity index (χ0v) is 19.0. The van der Waals surface area contributed by atoms with Gasteiger partial charge in [-0.1, -0.05) is 23.9 Å². The number of nitrogens with one attached hydrogen (secondary N) is 1. The molecule has 0 spiro atoms. The first-order valence-corrected chi connectivity index (χ1v) is 11.1. The number of anilines is 1. The Bertz CT molecular complexity index is 1020. The van der Waals surface area contributed by atoms with Crippen LogP contribution >= 0.6 is 11.8 Å². The number of amidine groups is 1. The molecule has 2 amide bonds. The van der Waals surface area contributed by atoms with Crippen molar-refractivity contribution in [2.45, 2.75) is 25.5 Å². The van der Waals surface area contributed by atoms with E-state index in [-0.39, 0.29) is 18.2 Å². The van der Waals surface area contributed by atoms with Gasteiger partial charge in [0.05, 0.1) is 30.7 Å². The number of hydrogen-bond acceptors (Lipinski definition) is 7. The molecule has 0 unspecified atom stereocenters. The first kappa shape index (κ1) is 23.3. The highest BCUT2D eigenvalue weighted by Crippen LogP contribution is 2.32. The molecule has 1 heterocycles. The minimum atomic E-state index is -0.567. The van der Waals surface area contributed by atoms with Gasteiger partial charge in [0.2, 0.25) is 11.8 Å². The van der Waals surface area contributed by atoms with E-state index in [9.17, 15) is 14.4 Å². The molecule has 9 heteroatoms. The van der Waals surface area contributed by atoms with E-state index in [0.717, 1.165) is 0 Å². The lowest BCUT2D eigenvalue weighted by Gasteiger charge is -2.13. The summed E-state index contributed by atoms with van der Waals surface area (Å²) < 4.78 is 10.2. The molecule has 1 fully saturated rings. The fourth-order valence-corrected chi connectivity index (χ4v) is 4.35. The number of rotatable bonds is 8. The van der Waals surface area contributed by atoms with Crippen molar-refractivity contribution < 1.29 is 23.9 Å². The van der Waals surface area contributed by atoms with Gasteiger partial charge in [-0.05, 0) is 50.2 Å². The van der Waals surface area contributed by atoms with Gasteiger partial charge in [0.15, 0.2) is 5.17 Å². The lowest BCUT2D eigenvalue weighted by molar-refractivity contribution is -0.128. The van der Waals surface area contributed by atoms with E-state index >= 15 is 0 Å². The van der Waals surface area contributed by atoms with Gasteiger partial charge in [-0.15, -0.1) is 0 Å². The van der Waals surface area contributed by atoms with Gasteiger partial charge in [-0.3, -0.25) is 14.5 Å². The average Bonchev–Trinajstić information content (AvgIpc) is 3.08. The third kappa shape index (κ3) is 5.47. The minimum absolute atomic E-state index is 0.0128. The first-order chi connectivity index (χ1) is 15.5. The normalized spacial score (nSPS) is 16.8. The number of methoxy groups -OCH3 is 1. The Labute approximate surface area is 191 Å². The predicted octanol–water partition coefficient (Wildman–Crippen LogP) is 3.85. The second-order valence-corrected chi connectivity index (χ2v) is 7.97. The lowest BCUT2D eigenvalue weighted by atomic mass is 10.2. The minimum Gasteiger partial charge on any atom is -0.495 e. The molecule has 1 atom stereocenters. The fraction of sp³-hybridized carbons (Fsp3) is 0.304. The van der Waals surface area contributed by atoms with Crippen LogP contribution in [0, 0.1) is 0 Å². The molecule has 0 aromatic heterocycles. The number of carbonyl (C=O) groups excluding carboxylic acids is 3. The Balaban J connectivity index is 1.70. The molecule has 2 aromatic rings. The quantitative estimate of drug-likeness (QED) is 0.607. The van der Waals surface area contributed by atoms with Crippen LogP contribution in [0.5, 0.6) is 5.75 Å². The van der Waals surface area contributed by atoms with E-state index in [1.807, 2.05) is 13.0 Å². The van der Waals surface area contributed by atoms with Crippen LogP contribution in [0.25, 0.3) is 0 Å². The second-order valence-electron chi connectivity index (χ2n) is 6.80. The molecular weight excluding hydrogens is 430 g/mol. The number of para-hydroxylation sites is 2. The predicted molar refractivity (Wildman–Crippen MR) is 125 cm³/mol. The van der Waals surface area contributed by atoms with E-state index in [0.29, 0.717) is 41.0 Å². The summed E-state index contributed by atoms with van der Waals surface area (Å²) in [7, 11) is 1.53. The highest BCUT2D eigenvalue weighted by molar-refractivity contribution is 8.15. The van der Waals surface area contributed by atoms with Gasteiger partial charge in [0, 0.05) is 13.0 Å². The van der Waals surface area contributed by atoms with Gasteiger partial charge in [0.1, 0.15) is 11.0 Å². The summed E-state index contributed by atoms with van der Waals surface area (Å²) >= 11 is 1.26. The molecular formula is C23H25N3O5S. The molecule has 0 aliphatic carbocycles. The van der Waals surface area contributed by atoms with Crippen LogP contribution in [0.2, 0.25) is 0 Å².